The molecule has 5 nitrogen and oxygen atoms in total. The number of hydrogen-bond donors (Lipinski definition) is 2. The average molecular weight is 539 g/mol. The number of pyridine rings is 2. The van der Waals surface area contributed by atoms with Crippen LogP contribution >= 0.6 is 0 Å². The van der Waals surface area contributed by atoms with E-state index in [0.717, 1.165) is 57.5 Å². The summed E-state index contributed by atoms with van der Waals surface area (Å²) in [5.41, 5.74) is 14.3. The smallest absolute Gasteiger partial charge is 0.131 e. The first-order valence-corrected chi connectivity index (χ1v) is 13.5. The minimum Gasteiger partial charge on any atom is -0.501 e. The van der Waals surface area contributed by atoms with Crippen LogP contribution in [0.1, 0.15) is 62.9 Å². The van der Waals surface area contributed by atoms with Crippen LogP contribution < -0.4 is 11.1 Å². The van der Waals surface area contributed by atoms with E-state index in [1.54, 1.807) is 18.5 Å². The fourth-order valence-electron chi connectivity index (χ4n) is 3.77. The van der Waals surface area contributed by atoms with Crippen molar-refractivity contribution in [1.82, 2.24) is 15.3 Å². The van der Waals surface area contributed by atoms with Crippen molar-refractivity contribution in [3.63, 3.8) is 0 Å². The molecule has 0 aliphatic rings. The van der Waals surface area contributed by atoms with E-state index >= 15 is 4.39 Å². The van der Waals surface area contributed by atoms with Crippen molar-refractivity contribution in [3.05, 3.63) is 120 Å². The molecule has 0 saturated carbocycles. The number of benzene rings is 1. The number of hydrogen-bond acceptors (Lipinski definition) is 5. The summed E-state index contributed by atoms with van der Waals surface area (Å²) < 4.78 is 21.1. The Bertz CT molecular complexity index is 1450. The van der Waals surface area contributed by atoms with Gasteiger partial charge in [-0.2, -0.15) is 0 Å². The Morgan fingerprint density at radius 3 is 2.42 bits per heavy atom. The Morgan fingerprint density at radius 2 is 1.75 bits per heavy atom. The second-order valence-corrected chi connectivity index (χ2v) is 9.68. The highest BCUT2D eigenvalue weighted by atomic mass is 19.1. The maximum Gasteiger partial charge on any atom is 0.131 e. The maximum absolute atomic E-state index is 15.4. The predicted octanol–water partition coefficient (Wildman–Crippen LogP) is 8.47. The lowest BCUT2D eigenvalue weighted by Gasteiger charge is -2.12. The normalized spacial score (nSPS) is 12.6. The number of aromatic nitrogens is 2. The van der Waals surface area contributed by atoms with Gasteiger partial charge in [-0.1, -0.05) is 56.4 Å². The summed E-state index contributed by atoms with van der Waals surface area (Å²) in [5.74, 6) is -0.125. The standard InChI is InChI=1S/C34H39FN4O/c1-7-15-40-22-28(11-9-23(3)8-2)29-16-31(34(36)39-21-29)30-13-12-27(17-32(30)35)25(5)19-37-20-26(6)33-14-10-24(4)18-38-33/h9-14,16-22,37H,3,7-8,15H2,1-2,4-6H3,(H2,36,39)/b11-9-,25-19+,26-20+,28-22+. The maximum atomic E-state index is 15.4. The second-order valence-electron chi connectivity index (χ2n) is 9.68. The molecule has 6 heteroatoms. The van der Waals surface area contributed by atoms with Gasteiger partial charge in [-0.15, -0.1) is 0 Å². The minimum atomic E-state index is -0.380. The third-order valence-electron chi connectivity index (χ3n) is 6.37. The molecule has 0 radical (unpaired) electrons. The molecule has 3 N–H and O–H groups in total. The highest BCUT2D eigenvalue weighted by molar-refractivity contribution is 5.82. The average Bonchev–Trinajstić information content (AvgIpc) is 2.95. The van der Waals surface area contributed by atoms with Crippen molar-refractivity contribution in [2.45, 2.75) is 47.5 Å². The van der Waals surface area contributed by atoms with Crippen molar-refractivity contribution >= 4 is 22.5 Å². The molecule has 0 unspecified atom stereocenters. The van der Waals surface area contributed by atoms with E-state index in [1.165, 1.54) is 6.07 Å². The van der Waals surface area contributed by atoms with E-state index in [-0.39, 0.29) is 11.6 Å². The molecular formula is C34H39FN4O. The van der Waals surface area contributed by atoms with E-state index in [0.29, 0.717) is 17.7 Å². The Hall–Kier alpha value is -4.45. The fraction of sp³-hybridized carbons (Fsp3) is 0.235. The lowest BCUT2D eigenvalue weighted by Crippen LogP contribution is -2.00. The summed E-state index contributed by atoms with van der Waals surface area (Å²) in [4.78, 5) is 8.80. The van der Waals surface area contributed by atoms with Crippen molar-refractivity contribution in [1.29, 1.82) is 0 Å². The lowest BCUT2D eigenvalue weighted by atomic mass is 9.98. The van der Waals surface area contributed by atoms with Gasteiger partial charge in [0.15, 0.2) is 0 Å². The van der Waals surface area contributed by atoms with Crippen molar-refractivity contribution in [2.75, 3.05) is 12.3 Å². The van der Waals surface area contributed by atoms with Crippen LogP contribution in [0, 0.1) is 12.7 Å². The summed E-state index contributed by atoms with van der Waals surface area (Å²) in [6.45, 7) is 14.6. The van der Waals surface area contributed by atoms with Gasteiger partial charge in [-0.25, -0.2) is 9.37 Å². The molecule has 3 rings (SSSR count). The van der Waals surface area contributed by atoms with Gasteiger partial charge in [0.05, 0.1) is 18.6 Å². The Balaban J connectivity index is 1.86. The third kappa shape index (κ3) is 8.27. The molecular weight excluding hydrogens is 499 g/mol. The molecule has 0 aliphatic carbocycles. The minimum absolute atomic E-state index is 0.255. The highest BCUT2D eigenvalue weighted by Gasteiger charge is 2.13. The van der Waals surface area contributed by atoms with E-state index in [9.17, 15) is 0 Å². The number of nitrogens with zero attached hydrogens (tertiary/aromatic N) is 2. The molecule has 40 heavy (non-hydrogen) atoms. The van der Waals surface area contributed by atoms with Crippen LogP contribution in [0.5, 0.6) is 0 Å². The van der Waals surface area contributed by atoms with Crippen molar-refractivity contribution < 1.29 is 9.13 Å². The zero-order valence-corrected chi connectivity index (χ0v) is 24.1. The molecule has 0 amide bonds. The number of nitrogens with one attached hydrogen (secondary N) is 1. The fourth-order valence-corrected chi connectivity index (χ4v) is 3.77. The first-order chi connectivity index (χ1) is 19.2. The third-order valence-corrected chi connectivity index (χ3v) is 6.37. The van der Waals surface area contributed by atoms with Gasteiger partial charge in [0, 0.05) is 47.1 Å². The molecule has 0 aliphatic heterocycles. The van der Waals surface area contributed by atoms with Gasteiger partial charge in [-0.3, -0.25) is 4.98 Å². The van der Waals surface area contributed by atoms with E-state index in [2.05, 4.69) is 21.9 Å². The van der Waals surface area contributed by atoms with Crippen LogP contribution in [0.4, 0.5) is 10.2 Å². The molecule has 0 fully saturated rings. The molecule has 208 valence electrons. The van der Waals surface area contributed by atoms with Gasteiger partial charge < -0.3 is 15.8 Å². The number of halogens is 1. The topological polar surface area (TPSA) is 73.1 Å². The first-order valence-electron chi connectivity index (χ1n) is 13.5. The number of allylic oxidation sites excluding steroid dienone is 6. The highest BCUT2D eigenvalue weighted by Crippen LogP contribution is 2.32. The van der Waals surface area contributed by atoms with E-state index in [4.69, 9.17) is 10.5 Å². The van der Waals surface area contributed by atoms with Crippen LogP contribution in [0.25, 0.3) is 27.8 Å². The molecule has 0 bridgehead atoms. The number of nitrogen functional groups attached to an aromatic ring is 1. The number of aryl methyl sites for hydroxylation is 1. The summed E-state index contributed by atoms with van der Waals surface area (Å²) in [7, 11) is 0. The van der Waals surface area contributed by atoms with Gasteiger partial charge in [-0.05, 0) is 74.1 Å². The van der Waals surface area contributed by atoms with Crippen molar-refractivity contribution in [2.24, 2.45) is 0 Å². The summed E-state index contributed by atoms with van der Waals surface area (Å²) in [6, 6.07) is 11.0. The molecule has 3 aromatic rings. The zero-order chi connectivity index (χ0) is 29.1. The zero-order valence-electron chi connectivity index (χ0n) is 24.1. The number of anilines is 1. The van der Waals surface area contributed by atoms with Crippen LogP contribution in [-0.2, 0) is 4.74 Å². The van der Waals surface area contributed by atoms with Crippen LogP contribution in [-0.4, -0.2) is 16.6 Å². The summed E-state index contributed by atoms with van der Waals surface area (Å²) >= 11 is 0. The predicted molar refractivity (Wildman–Crippen MR) is 166 cm³/mol. The number of rotatable bonds is 12. The summed E-state index contributed by atoms with van der Waals surface area (Å²) in [5, 5.41) is 3.19. The van der Waals surface area contributed by atoms with Gasteiger partial charge in [0.1, 0.15) is 11.6 Å². The van der Waals surface area contributed by atoms with Crippen LogP contribution in [0.2, 0.25) is 0 Å². The van der Waals surface area contributed by atoms with E-state index < -0.39 is 0 Å². The molecule has 0 atom stereocenters. The molecule has 0 spiro atoms. The quantitative estimate of drug-likeness (QED) is 0.137. The summed E-state index contributed by atoms with van der Waals surface area (Å²) in [6.07, 6.45) is 14.5. The Morgan fingerprint density at radius 1 is 0.975 bits per heavy atom. The SMILES string of the molecule is C=C(/C=C\C(=C/OCCC)c1cnc(N)c(-c2ccc(/C(C)=C/N/C=C(\C)c3ccc(C)cn3)cc2F)c1)CC. The first kappa shape index (κ1) is 30.1. The van der Waals surface area contributed by atoms with Crippen molar-refractivity contribution in [3.8, 4) is 11.1 Å². The van der Waals surface area contributed by atoms with Gasteiger partial charge in [0.25, 0.3) is 0 Å². The largest absolute Gasteiger partial charge is 0.501 e. The molecule has 2 heterocycles. The second kappa shape index (κ2) is 14.6. The van der Waals surface area contributed by atoms with Gasteiger partial charge in [0.2, 0.25) is 0 Å². The van der Waals surface area contributed by atoms with Crippen LogP contribution in [0.3, 0.4) is 0 Å². The van der Waals surface area contributed by atoms with Crippen LogP contribution in [0.15, 0.2) is 91.8 Å². The Labute approximate surface area is 237 Å². The molecule has 2 aromatic heterocycles. The molecule has 1 aromatic carbocycles. The Kier molecular flexibility index (Phi) is 11.0. The van der Waals surface area contributed by atoms with Gasteiger partial charge >= 0.3 is 0 Å². The molecule has 0 saturated heterocycles. The number of nitrogens with two attached hydrogens (primary N) is 1. The van der Waals surface area contributed by atoms with E-state index in [1.807, 2.05) is 89.6 Å². The monoisotopic (exact) mass is 538 g/mol. The lowest BCUT2D eigenvalue weighted by molar-refractivity contribution is 0.251. The number of ether oxygens (including phenoxy) is 1.